The summed E-state index contributed by atoms with van der Waals surface area (Å²) in [6, 6.07) is 4.09. The second-order valence-corrected chi connectivity index (χ2v) is 10.6. The number of piperidine rings is 1. The van der Waals surface area contributed by atoms with Crippen LogP contribution in [0.3, 0.4) is 0 Å². The third kappa shape index (κ3) is 6.15. The number of alkyl halides is 6. The molecule has 1 amide bonds. The van der Waals surface area contributed by atoms with Gasteiger partial charge in [0.25, 0.3) is 5.56 Å². The van der Waals surface area contributed by atoms with E-state index in [1.54, 1.807) is 5.38 Å². The average molecular weight is 611 g/mol. The summed E-state index contributed by atoms with van der Waals surface area (Å²) < 4.78 is 78.6. The zero-order valence-corrected chi connectivity index (χ0v) is 22.3. The van der Waals surface area contributed by atoms with Gasteiger partial charge in [0.05, 0.1) is 27.5 Å². The second kappa shape index (κ2) is 11.2. The van der Waals surface area contributed by atoms with Gasteiger partial charge in [-0.2, -0.15) is 31.6 Å². The summed E-state index contributed by atoms with van der Waals surface area (Å²) >= 11 is 1.39. The molecule has 0 aliphatic carbocycles. The number of nitrogens with zero attached hydrogens (tertiary/aromatic N) is 6. The number of nitriles is 1. The van der Waals surface area contributed by atoms with Gasteiger partial charge in [0.2, 0.25) is 5.91 Å². The zero-order chi connectivity index (χ0) is 30.2. The molecular weight excluding hydrogens is 590 g/mol. The first kappa shape index (κ1) is 29.2. The minimum atomic E-state index is -4.79. The Kier molecular flexibility index (Phi) is 7.80. The van der Waals surface area contributed by atoms with Crippen molar-refractivity contribution >= 4 is 23.0 Å². The van der Waals surface area contributed by atoms with Gasteiger partial charge in [-0.3, -0.25) is 14.6 Å². The van der Waals surface area contributed by atoms with Crippen LogP contribution in [0.1, 0.15) is 64.4 Å². The maximum atomic E-state index is 13.2. The van der Waals surface area contributed by atoms with E-state index in [9.17, 15) is 35.9 Å². The standard InChI is InChI=1S/C26H20F6N6O3S/c27-25(28,29)16-1-2-18(34-10-16)21-8-19(36-41-21)20-13-42-23(35-20)14-3-5-37(6-4-14)22(39)12-38-11-17(26(30,31)32)7-15(9-33)24(38)40/h1-2,7,10-11,13-14,21H,3-6,8,12H2. The number of carbonyl (C=O) groups excluding carboxylic acids is 1. The van der Waals surface area contributed by atoms with Crippen molar-refractivity contribution in [2.75, 3.05) is 13.1 Å². The third-order valence-corrected chi connectivity index (χ3v) is 7.97. The first-order valence-corrected chi connectivity index (χ1v) is 13.4. The van der Waals surface area contributed by atoms with Gasteiger partial charge in [0.1, 0.15) is 23.9 Å². The Hall–Kier alpha value is -4.26. The molecule has 0 N–H and O–H groups in total. The lowest BCUT2D eigenvalue weighted by atomic mass is 9.97. The molecule has 1 atom stereocenters. The third-order valence-electron chi connectivity index (χ3n) is 6.97. The SMILES string of the molecule is N#Cc1cc(C(F)(F)F)cn(CC(=O)N2CCC(c3nc(C4=NOC(c5ccc(C(F)(F)F)cn5)C4)cs3)CC2)c1=O. The first-order chi connectivity index (χ1) is 19.8. The topological polar surface area (TPSA) is 113 Å². The van der Waals surface area contributed by atoms with Crippen LogP contribution in [0.2, 0.25) is 0 Å². The van der Waals surface area contributed by atoms with Crippen molar-refractivity contribution in [1.82, 2.24) is 19.4 Å². The van der Waals surface area contributed by atoms with E-state index in [0.29, 0.717) is 59.9 Å². The zero-order valence-electron chi connectivity index (χ0n) is 21.4. The lowest BCUT2D eigenvalue weighted by Gasteiger charge is -2.31. The van der Waals surface area contributed by atoms with E-state index in [1.807, 2.05) is 0 Å². The number of aromatic nitrogens is 3. The molecular formula is C26H20F6N6O3S. The van der Waals surface area contributed by atoms with Gasteiger partial charge < -0.3 is 14.3 Å². The number of carbonyl (C=O) groups is 1. The van der Waals surface area contributed by atoms with Crippen LogP contribution in [0, 0.1) is 11.3 Å². The monoisotopic (exact) mass is 610 g/mol. The van der Waals surface area contributed by atoms with Crippen LogP contribution in [0.15, 0.2) is 45.9 Å². The van der Waals surface area contributed by atoms with E-state index in [0.717, 1.165) is 17.3 Å². The van der Waals surface area contributed by atoms with Gasteiger partial charge in [0.15, 0.2) is 6.10 Å². The van der Waals surface area contributed by atoms with Crippen molar-refractivity contribution < 1.29 is 36.0 Å². The van der Waals surface area contributed by atoms with Crippen LogP contribution in [-0.2, 0) is 28.5 Å². The number of amides is 1. The Labute approximate surface area is 237 Å². The summed E-state index contributed by atoms with van der Waals surface area (Å²) in [5, 5.41) is 15.7. The van der Waals surface area contributed by atoms with Crippen LogP contribution < -0.4 is 5.56 Å². The Bertz CT molecular complexity index is 1620. The van der Waals surface area contributed by atoms with Crippen molar-refractivity contribution in [2.24, 2.45) is 5.16 Å². The molecule has 0 radical (unpaired) electrons. The summed E-state index contributed by atoms with van der Waals surface area (Å²) in [4.78, 5) is 40.5. The van der Waals surface area contributed by atoms with E-state index in [1.165, 1.54) is 28.4 Å². The van der Waals surface area contributed by atoms with Gasteiger partial charge in [-0.15, -0.1) is 11.3 Å². The fourth-order valence-corrected chi connectivity index (χ4v) is 5.67. The van der Waals surface area contributed by atoms with E-state index in [4.69, 9.17) is 10.1 Å². The molecule has 42 heavy (non-hydrogen) atoms. The van der Waals surface area contributed by atoms with Crippen molar-refractivity contribution in [2.45, 2.75) is 50.2 Å². The Balaban J connectivity index is 1.17. The highest BCUT2D eigenvalue weighted by molar-refractivity contribution is 7.10. The van der Waals surface area contributed by atoms with Gasteiger partial charge in [-0.25, -0.2) is 4.98 Å². The number of oxime groups is 1. The maximum Gasteiger partial charge on any atom is 0.417 e. The number of likely N-dealkylation sites (tertiary alicyclic amines) is 1. The Morgan fingerprint density at radius 3 is 2.45 bits per heavy atom. The minimum Gasteiger partial charge on any atom is -0.385 e. The molecule has 3 aromatic heterocycles. The molecule has 220 valence electrons. The molecule has 0 aromatic carbocycles. The predicted molar refractivity (Wildman–Crippen MR) is 135 cm³/mol. The molecule has 2 aliphatic rings. The number of pyridine rings is 2. The average Bonchev–Trinajstić information content (AvgIpc) is 3.64. The number of thiazole rings is 1. The highest BCUT2D eigenvalue weighted by Crippen LogP contribution is 2.35. The first-order valence-electron chi connectivity index (χ1n) is 12.5. The maximum absolute atomic E-state index is 13.2. The van der Waals surface area contributed by atoms with Crippen LogP contribution in [0.5, 0.6) is 0 Å². The molecule has 0 spiro atoms. The van der Waals surface area contributed by atoms with Gasteiger partial charge in [-0.1, -0.05) is 5.16 Å². The summed E-state index contributed by atoms with van der Waals surface area (Å²) in [5.41, 5.74) is -2.32. The quantitative estimate of drug-likeness (QED) is 0.381. The van der Waals surface area contributed by atoms with Crippen molar-refractivity contribution in [3.05, 3.63) is 79.4 Å². The van der Waals surface area contributed by atoms with Crippen LogP contribution in [0.4, 0.5) is 26.3 Å². The van der Waals surface area contributed by atoms with E-state index in [2.05, 4.69) is 15.1 Å². The highest BCUT2D eigenvalue weighted by Gasteiger charge is 2.34. The number of hydrogen-bond acceptors (Lipinski definition) is 8. The van der Waals surface area contributed by atoms with Crippen LogP contribution in [0.25, 0.3) is 0 Å². The summed E-state index contributed by atoms with van der Waals surface area (Å²) in [7, 11) is 0. The molecule has 0 saturated carbocycles. The second-order valence-electron chi connectivity index (χ2n) is 9.72. The van der Waals surface area contributed by atoms with E-state index in [-0.39, 0.29) is 12.3 Å². The summed E-state index contributed by atoms with van der Waals surface area (Å²) in [5.74, 6) is -0.538. The Morgan fingerprint density at radius 2 is 1.83 bits per heavy atom. The molecule has 2 aliphatic heterocycles. The lowest BCUT2D eigenvalue weighted by molar-refractivity contribution is -0.139. The van der Waals surface area contributed by atoms with Crippen molar-refractivity contribution in [3.63, 3.8) is 0 Å². The highest BCUT2D eigenvalue weighted by atomic mass is 32.1. The van der Waals surface area contributed by atoms with Gasteiger partial charge in [-0.05, 0) is 31.0 Å². The molecule has 1 fully saturated rings. The smallest absolute Gasteiger partial charge is 0.385 e. The molecule has 1 unspecified atom stereocenters. The normalized spacial score (nSPS) is 18.0. The van der Waals surface area contributed by atoms with Gasteiger partial charge in [0, 0.05) is 43.2 Å². The largest absolute Gasteiger partial charge is 0.417 e. The molecule has 9 nitrogen and oxygen atoms in total. The van der Waals surface area contributed by atoms with E-state index < -0.39 is 53.2 Å². The predicted octanol–water partition coefficient (Wildman–Crippen LogP) is 4.88. The minimum absolute atomic E-state index is 0.00423. The molecule has 0 bridgehead atoms. The van der Waals surface area contributed by atoms with Crippen molar-refractivity contribution in [1.29, 1.82) is 5.26 Å². The van der Waals surface area contributed by atoms with Crippen LogP contribution in [-0.4, -0.2) is 44.1 Å². The van der Waals surface area contributed by atoms with Gasteiger partial charge >= 0.3 is 12.4 Å². The number of rotatable bonds is 5. The van der Waals surface area contributed by atoms with Crippen LogP contribution >= 0.6 is 11.3 Å². The molecule has 1 saturated heterocycles. The molecule has 5 heterocycles. The van der Waals surface area contributed by atoms with E-state index >= 15 is 0 Å². The fraction of sp³-hybridized carbons (Fsp3) is 0.385. The molecule has 16 heteroatoms. The lowest BCUT2D eigenvalue weighted by Crippen LogP contribution is -2.41. The summed E-state index contributed by atoms with van der Waals surface area (Å²) in [6.07, 6.45) is -7.30. The van der Waals surface area contributed by atoms with Crippen molar-refractivity contribution in [3.8, 4) is 6.07 Å². The summed E-state index contributed by atoms with van der Waals surface area (Å²) in [6.45, 7) is -0.0375. The molecule has 3 aromatic rings. The molecule has 5 rings (SSSR count). The number of halogens is 6. The Morgan fingerprint density at radius 1 is 1.12 bits per heavy atom. The number of hydrogen-bond donors (Lipinski definition) is 0. The fourth-order valence-electron chi connectivity index (χ4n) is 4.67.